The molecule has 0 bridgehead atoms. The second kappa shape index (κ2) is 7.17. The molecule has 124 valence electrons. The summed E-state index contributed by atoms with van der Waals surface area (Å²) < 4.78 is 2.12. The molecule has 0 amide bonds. The standard InChI is InChI=1S/C17H25N5S/c1-18-17(19-11-13-7-6-10-21(13)2)22(3)12-16-20-14-8-4-5-9-15(14)23-16/h6-7,10H,4-5,8-9,11-12H2,1-3H3,(H,18,19). The normalized spacial score (nSPS) is 14.7. The van der Waals surface area contributed by atoms with Crippen LogP contribution in [0.4, 0.5) is 0 Å². The van der Waals surface area contributed by atoms with Gasteiger partial charge in [0.25, 0.3) is 0 Å². The molecule has 3 rings (SSSR count). The molecular weight excluding hydrogens is 306 g/mol. The lowest BCUT2D eigenvalue weighted by atomic mass is 10.0. The van der Waals surface area contributed by atoms with Crippen LogP contribution in [0.1, 0.15) is 34.1 Å². The van der Waals surface area contributed by atoms with Gasteiger partial charge < -0.3 is 14.8 Å². The number of hydrogen-bond donors (Lipinski definition) is 1. The fourth-order valence-electron chi connectivity index (χ4n) is 2.99. The Hall–Kier alpha value is -1.82. The number of guanidine groups is 1. The number of thiazole rings is 1. The molecule has 2 aromatic rings. The van der Waals surface area contributed by atoms with E-state index in [0.29, 0.717) is 0 Å². The van der Waals surface area contributed by atoms with E-state index in [1.165, 1.54) is 40.5 Å². The third-order valence-corrected chi connectivity index (χ3v) is 5.46. The summed E-state index contributed by atoms with van der Waals surface area (Å²) in [5.74, 6) is 0.902. The highest BCUT2D eigenvalue weighted by atomic mass is 32.1. The van der Waals surface area contributed by atoms with Gasteiger partial charge in [0.2, 0.25) is 0 Å². The first-order valence-electron chi connectivity index (χ1n) is 8.17. The van der Waals surface area contributed by atoms with Crippen LogP contribution in [-0.2, 0) is 33.0 Å². The van der Waals surface area contributed by atoms with E-state index in [4.69, 9.17) is 4.98 Å². The van der Waals surface area contributed by atoms with Crippen LogP contribution in [0.2, 0.25) is 0 Å². The minimum Gasteiger partial charge on any atom is -0.353 e. The zero-order valence-corrected chi connectivity index (χ0v) is 15.0. The average molecular weight is 331 g/mol. The first-order chi connectivity index (χ1) is 11.2. The average Bonchev–Trinajstić information content (AvgIpc) is 3.13. The summed E-state index contributed by atoms with van der Waals surface area (Å²) in [5, 5.41) is 4.62. The quantitative estimate of drug-likeness (QED) is 0.692. The van der Waals surface area contributed by atoms with Crippen molar-refractivity contribution in [3.8, 4) is 0 Å². The summed E-state index contributed by atoms with van der Waals surface area (Å²) in [7, 11) is 5.96. The molecule has 0 unspecified atom stereocenters. The van der Waals surface area contributed by atoms with Crippen LogP contribution >= 0.6 is 11.3 Å². The SMILES string of the molecule is CN=C(NCc1cccn1C)N(C)Cc1nc2c(s1)CCCC2. The van der Waals surface area contributed by atoms with Crippen LogP contribution in [0.3, 0.4) is 0 Å². The number of hydrogen-bond acceptors (Lipinski definition) is 3. The van der Waals surface area contributed by atoms with Gasteiger partial charge in [0.05, 0.1) is 18.8 Å². The molecule has 5 nitrogen and oxygen atoms in total. The molecule has 0 saturated carbocycles. The van der Waals surface area contributed by atoms with E-state index in [0.717, 1.165) is 25.5 Å². The summed E-state index contributed by atoms with van der Waals surface area (Å²) in [6.45, 7) is 1.58. The Morgan fingerprint density at radius 2 is 2.26 bits per heavy atom. The summed E-state index contributed by atoms with van der Waals surface area (Å²) in [6.07, 6.45) is 7.01. The van der Waals surface area contributed by atoms with Crippen LogP contribution in [0.5, 0.6) is 0 Å². The molecule has 6 heteroatoms. The van der Waals surface area contributed by atoms with E-state index in [1.54, 1.807) is 0 Å². The monoisotopic (exact) mass is 331 g/mol. The summed E-state index contributed by atoms with van der Waals surface area (Å²) in [6, 6.07) is 4.18. The highest BCUT2D eigenvalue weighted by Crippen LogP contribution is 2.27. The molecule has 0 aromatic carbocycles. The van der Waals surface area contributed by atoms with Crippen LogP contribution in [0.15, 0.2) is 23.3 Å². The number of nitrogens with one attached hydrogen (secondary N) is 1. The predicted molar refractivity (Wildman–Crippen MR) is 95.8 cm³/mol. The zero-order chi connectivity index (χ0) is 16.2. The molecule has 0 saturated heterocycles. The number of rotatable bonds is 4. The number of nitrogens with zero attached hydrogens (tertiary/aromatic N) is 4. The third kappa shape index (κ3) is 3.75. The van der Waals surface area contributed by atoms with Crippen molar-refractivity contribution in [1.29, 1.82) is 0 Å². The van der Waals surface area contributed by atoms with Crippen molar-refractivity contribution in [2.75, 3.05) is 14.1 Å². The van der Waals surface area contributed by atoms with Crippen molar-refractivity contribution >= 4 is 17.3 Å². The van der Waals surface area contributed by atoms with Gasteiger partial charge in [0.15, 0.2) is 5.96 Å². The first-order valence-corrected chi connectivity index (χ1v) is 8.98. The molecule has 2 heterocycles. The van der Waals surface area contributed by atoms with Crippen molar-refractivity contribution in [2.45, 2.75) is 38.8 Å². The van der Waals surface area contributed by atoms with Gasteiger partial charge in [0, 0.05) is 37.9 Å². The second-order valence-electron chi connectivity index (χ2n) is 6.05. The maximum atomic E-state index is 4.82. The highest BCUT2D eigenvalue weighted by Gasteiger charge is 2.16. The summed E-state index contributed by atoms with van der Waals surface area (Å²) in [4.78, 5) is 12.9. The minimum atomic E-state index is 0.773. The van der Waals surface area contributed by atoms with Crippen LogP contribution in [-0.4, -0.2) is 34.5 Å². The summed E-state index contributed by atoms with van der Waals surface area (Å²) in [5.41, 5.74) is 2.57. The topological polar surface area (TPSA) is 45.5 Å². The molecule has 23 heavy (non-hydrogen) atoms. The Morgan fingerprint density at radius 3 is 2.96 bits per heavy atom. The minimum absolute atomic E-state index is 0.773. The lowest BCUT2D eigenvalue weighted by molar-refractivity contribution is 0.473. The molecule has 0 fully saturated rings. The molecule has 1 N–H and O–H groups in total. The smallest absolute Gasteiger partial charge is 0.194 e. The lowest BCUT2D eigenvalue weighted by Crippen LogP contribution is -2.38. The number of fused-ring (bicyclic) bond motifs is 1. The van der Waals surface area contributed by atoms with Crippen molar-refractivity contribution in [1.82, 2.24) is 19.8 Å². The second-order valence-corrected chi connectivity index (χ2v) is 7.22. The highest BCUT2D eigenvalue weighted by molar-refractivity contribution is 7.11. The van der Waals surface area contributed by atoms with Gasteiger partial charge in [-0.2, -0.15) is 0 Å². The molecule has 1 aliphatic carbocycles. The van der Waals surface area contributed by atoms with Crippen molar-refractivity contribution in [2.24, 2.45) is 12.0 Å². The van der Waals surface area contributed by atoms with Crippen molar-refractivity contribution in [3.05, 3.63) is 39.6 Å². The van der Waals surface area contributed by atoms with Crippen LogP contribution in [0.25, 0.3) is 0 Å². The van der Waals surface area contributed by atoms with Gasteiger partial charge in [-0.3, -0.25) is 4.99 Å². The molecule has 0 spiro atoms. The van der Waals surface area contributed by atoms with E-state index < -0.39 is 0 Å². The van der Waals surface area contributed by atoms with Gasteiger partial charge in [-0.25, -0.2) is 4.98 Å². The maximum absolute atomic E-state index is 4.82. The van der Waals surface area contributed by atoms with Crippen molar-refractivity contribution in [3.63, 3.8) is 0 Å². The molecular formula is C17H25N5S. The number of aliphatic imine (C=N–C) groups is 1. The Bertz CT molecular complexity index is 661. The van der Waals surface area contributed by atoms with Gasteiger partial charge in [-0.1, -0.05) is 0 Å². The van der Waals surface area contributed by atoms with Crippen LogP contribution in [0, 0.1) is 0 Å². The van der Waals surface area contributed by atoms with E-state index in [2.05, 4.69) is 52.2 Å². The molecule has 0 atom stereocenters. The van der Waals surface area contributed by atoms with E-state index >= 15 is 0 Å². The molecule has 0 aliphatic heterocycles. The van der Waals surface area contributed by atoms with E-state index in [1.807, 2.05) is 18.4 Å². The Morgan fingerprint density at radius 1 is 1.43 bits per heavy atom. The van der Waals surface area contributed by atoms with Gasteiger partial charge in [-0.15, -0.1) is 11.3 Å². The van der Waals surface area contributed by atoms with Crippen LogP contribution < -0.4 is 5.32 Å². The van der Waals surface area contributed by atoms with E-state index in [-0.39, 0.29) is 0 Å². The van der Waals surface area contributed by atoms with Gasteiger partial charge in [0.1, 0.15) is 5.01 Å². The number of aryl methyl sites for hydroxylation is 3. The molecule has 0 radical (unpaired) electrons. The maximum Gasteiger partial charge on any atom is 0.194 e. The molecule has 2 aromatic heterocycles. The largest absolute Gasteiger partial charge is 0.353 e. The Labute approximate surface area is 142 Å². The van der Waals surface area contributed by atoms with Crippen molar-refractivity contribution < 1.29 is 0 Å². The fraction of sp³-hybridized carbons (Fsp3) is 0.529. The molecule has 1 aliphatic rings. The summed E-state index contributed by atoms with van der Waals surface area (Å²) >= 11 is 1.87. The van der Waals surface area contributed by atoms with E-state index in [9.17, 15) is 0 Å². The fourth-order valence-corrected chi connectivity index (χ4v) is 4.20. The first kappa shape index (κ1) is 16.1. The zero-order valence-electron chi connectivity index (χ0n) is 14.2. The number of aromatic nitrogens is 2. The lowest BCUT2D eigenvalue weighted by Gasteiger charge is -2.21. The Balaban J connectivity index is 1.60. The Kier molecular flexibility index (Phi) is 5.00. The van der Waals surface area contributed by atoms with Gasteiger partial charge >= 0.3 is 0 Å². The predicted octanol–water partition coefficient (Wildman–Crippen LogP) is 2.57. The van der Waals surface area contributed by atoms with Gasteiger partial charge in [-0.05, 0) is 37.8 Å². The third-order valence-electron chi connectivity index (χ3n) is 4.31.